The molecule has 1 aliphatic rings. The molecule has 21 heavy (non-hydrogen) atoms. The Balaban J connectivity index is 1.99. The molecule has 2 aromatic rings. The van der Waals surface area contributed by atoms with E-state index in [0.717, 1.165) is 0 Å². The Bertz CT molecular complexity index is 673. The van der Waals surface area contributed by atoms with Crippen molar-refractivity contribution in [2.24, 2.45) is 0 Å². The number of hydrogen-bond donors (Lipinski definition) is 1. The highest BCUT2D eigenvalue weighted by atomic mass is 16.6. The molecule has 6 nitrogen and oxygen atoms in total. The van der Waals surface area contributed by atoms with Crippen LogP contribution in [0.1, 0.15) is 22.1 Å². The lowest BCUT2D eigenvalue weighted by atomic mass is 10.1. The molecule has 0 fully saturated rings. The summed E-state index contributed by atoms with van der Waals surface area (Å²) in [6.45, 7) is 0. The molecule has 3 rings (SSSR count). The number of carbonyl (C=O) groups excluding carboxylic acids is 1. The van der Waals surface area contributed by atoms with E-state index in [1.807, 2.05) is 12.1 Å². The lowest BCUT2D eigenvalue weighted by molar-refractivity contribution is 0.0434. The Kier molecular flexibility index (Phi) is 3.35. The zero-order chi connectivity index (χ0) is 14.8. The van der Waals surface area contributed by atoms with Crippen LogP contribution >= 0.6 is 0 Å². The maximum absolute atomic E-state index is 12.1. The average Bonchev–Trinajstić information content (AvgIpc) is 2.83. The Morgan fingerprint density at radius 2 is 2.05 bits per heavy atom. The van der Waals surface area contributed by atoms with Crippen molar-refractivity contribution in [2.45, 2.75) is 6.23 Å². The van der Waals surface area contributed by atoms with Gasteiger partial charge in [-0.1, -0.05) is 6.07 Å². The van der Waals surface area contributed by atoms with Crippen LogP contribution < -0.4 is 14.8 Å². The maximum atomic E-state index is 12.1. The lowest BCUT2D eigenvalue weighted by Gasteiger charge is -2.14. The van der Waals surface area contributed by atoms with Crippen LogP contribution in [0.5, 0.6) is 11.5 Å². The summed E-state index contributed by atoms with van der Waals surface area (Å²) >= 11 is 0. The fourth-order valence-electron chi connectivity index (χ4n) is 2.29. The van der Waals surface area contributed by atoms with E-state index in [2.05, 4.69) is 10.3 Å². The molecule has 0 bridgehead atoms. The van der Waals surface area contributed by atoms with Gasteiger partial charge in [0.2, 0.25) is 6.23 Å². The molecule has 2 heterocycles. The van der Waals surface area contributed by atoms with Crippen LogP contribution in [0.3, 0.4) is 0 Å². The van der Waals surface area contributed by atoms with Gasteiger partial charge in [-0.15, -0.1) is 0 Å². The van der Waals surface area contributed by atoms with E-state index in [-0.39, 0.29) is 0 Å². The second-order valence-electron chi connectivity index (χ2n) is 4.41. The van der Waals surface area contributed by atoms with E-state index in [1.165, 1.54) is 14.2 Å². The summed E-state index contributed by atoms with van der Waals surface area (Å²) < 4.78 is 15.8. The van der Waals surface area contributed by atoms with Crippen LogP contribution in [-0.2, 0) is 4.74 Å². The molecule has 0 spiro atoms. The molecular weight excluding hydrogens is 272 g/mol. The maximum Gasteiger partial charge on any atom is 0.344 e. The predicted molar refractivity (Wildman–Crippen MR) is 75.6 cm³/mol. The lowest BCUT2D eigenvalue weighted by Crippen LogP contribution is -2.11. The van der Waals surface area contributed by atoms with E-state index < -0.39 is 12.2 Å². The Hall–Kier alpha value is -2.76. The highest BCUT2D eigenvalue weighted by Gasteiger charge is 2.35. The molecule has 1 atom stereocenters. The number of anilines is 1. The summed E-state index contributed by atoms with van der Waals surface area (Å²) in [5.74, 6) is 1.05. The van der Waals surface area contributed by atoms with Gasteiger partial charge in [0.1, 0.15) is 11.4 Å². The standard InChI is InChI=1S/C15H14N2O4/c1-19-10-7-6-9-12(13(10)20-2)15(18)21-14(9)17-11-5-3-4-8-16-11/h3-8,14H,1-2H3,(H,16,17). The highest BCUT2D eigenvalue weighted by Crippen LogP contribution is 2.41. The van der Waals surface area contributed by atoms with E-state index in [9.17, 15) is 4.79 Å². The molecule has 6 heteroatoms. The topological polar surface area (TPSA) is 69.7 Å². The molecule has 1 aliphatic heterocycles. The van der Waals surface area contributed by atoms with Gasteiger partial charge in [-0.25, -0.2) is 9.78 Å². The molecule has 108 valence electrons. The fourth-order valence-corrected chi connectivity index (χ4v) is 2.29. The molecule has 1 aromatic carbocycles. The number of aromatic nitrogens is 1. The van der Waals surface area contributed by atoms with E-state index >= 15 is 0 Å². The van der Waals surface area contributed by atoms with Crippen molar-refractivity contribution in [1.29, 1.82) is 0 Å². The van der Waals surface area contributed by atoms with E-state index in [1.54, 1.807) is 24.4 Å². The number of nitrogens with one attached hydrogen (secondary N) is 1. The van der Waals surface area contributed by atoms with Crippen LogP contribution in [0.4, 0.5) is 5.82 Å². The third kappa shape index (κ3) is 2.24. The average molecular weight is 286 g/mol. The summed E-state index contributed by atoms with van der Waals surface area (Å²) in [6, 6.07) is 8.98. The normalized spacial score (nSPS) is 16.1. The third-order valence-corrected chi connectivity index (χ3v) is 3.23. The number of cyclic esters (lactones) is 1. The van der Waals surface area contributed by atoms with Crippen LogP contribution in [0, 0.1) is 0 Å². The van der Waals surface area contributed by atoms with Gasteiger partial charge in [-0.3, -0.25) is 0 Å². The molecule has 0 radical (unpaired) electrons. The second kappa shape index (κ2) is 5.32. The number of hydrogen-bond acceptors (Lipinski definition) is 6. The SMILES string of the molecule is COc1ccc2c(c1OC)C(=O)OC2Nc1ccccn1. The van der Waals surface area contributed by atoms with Crippen molar-refractivity contribution in [2.75, 3.05) is 19.5 Å². The van der Waals surface area contributed by atoms with Gasteiger partial charge in [-0.2, -0.15) is 0 Å². The van der Waals surface area contributed by atoms with Crippen LogP contribution in [0.15, 0.2) is 36.5 Å². The predicted octanol–water partition coefficient (Wildman–Crippen LogP) is 2.38. The number of nitrogens with zero attached hydrogens (tertiary/aromatic N) is 1. The van der Waals surface area contributed by atoms with Crippen LogP contribution in [0.2, 0.25) is 0 Å². The fraction of sp³-hybridized carbons (Fsp3) is 0.200. The minimum absolute atomic E-state index is 0.380. The smallest absolute Gasteiger partial charge is 0.344 e. The summed E-state index contributed by atoms with van der Waals surface area (Å²) in [6.07, 6.45) is 1.07. The van der Waals surface area contributed by atoms with Crippen molar-refractivity contribution >= 4 is 11.8 Å². The zero-order valence-electron chi connectivity index (χ0n) is 11.6. The Morgan fingerprint density at radius 1 is 1.19 bits per heavy atom. The summed E-state index contributed by atoms with van der Waals surface area (Å²) in [4.78, 5) is 16.3. The first-order valence-corrected chi connectivity index (χ1v) is 6.38. The first-order chi connectivity index (χ1) is 10.2. The van der Waals surface area contributed by atoms with Crippen LogP contribution in [-0.4, -0.2) is 25.2 Å². The first-order valence-electron chi connectivity index (χ1n) is 6.38. The molecule has 0 aliphatic carbocycles. The van der Waals surface area contributed by atoms with Crippen molar-refractivity contribution in [3.05, 3.63) is 47.7 Å². The summed E-state index contributed by atoms with van der Waals surface area (Å²) in [5, 5.41) is 3.07. The van der Waals surface area contributed by atoms with Gasteiger partial charge in [-0.05, 0) is 24.3 Å². The van der Waals surface area contributed by atoms with Gasteiger partial charge in [0.05, 0.1) is 14.2 Å². The quantitative estimate of drug-likeness (QED) is 0.870. The summed E-state index contributed by atoms with van der Waals surface area (Å²) in [5.41, 5.74) is 1.08. The van der Waals surface area contributed by atoms with Crippen molar-refractivity contribution in [3.8, 4) is 11.5 Å². The molecule has 1 aromatic heterocycles. The molecule has 0 saturated carbocycles. The number of ether oxygens (including phenoxy) is 3. The highest BCUT2D eigenvalue weighted by molar-refractivity contribution is 5.98. The van der Waals surface area contributed by atoms with Crippen molar-refractivity contribution < 1.29 is 19.0 Å². The van der Waals surface area contributed by atoms with E-state index in [0.29, 0.717) is 28.4 Å². The van der Waals surface area contributed by atoms with E-state index in [4.69, 9.17) is 14.2 Å². The largest absolute Gasteiger partial charge is 0.493 e. The molecule has 1 unspecified atom stereocenters. The van der Waals surface area contributed by atoms with Gasteiger partial charge in [0.15, 0.2) is 11.5 Å². The van der Waals surface area contributed by atoms with Gasteiger partial charge >= 0.3 is 5.97 Å². The number of methoxy groups -OCH3 is 2. The van der Waals surface area contributed by atoms with Crippen molar-refractivity contribution in [3.63, 3.8) is 0 Å². The van der Waals surface area contributed by atoms with Gasteiger partial charge < -0.3 is 19.5 Å². The third-order valence-electron chi connectivity index (χ3n) is 3.23. The second-order valence-corrected chi connectivity index (χ2v) is 4.41. The number of carbonyl (C=O) groups is 1. The zero-order valence-corrected chi connectivity index (χ0v) is 11.6. The Morgan fingerprint density at radius 3 is 2.71 bits per heavy atom. The number of esters is 1. The number of benzene rings is 1. The Labute approximate surface area is 121 Å². The monoisotopic (exact) mass is 286 g/mol. The molecule has 0 amide bonds. The van der Waals surface area contributed by atoms with Gasteiger partial charge in [0, 0.05) is 11.8 Å². The molecule has 1 N–H and O–H groups in total. The van der Waals surface area contributed by atoms with Crippen LogP contribution in [0.25, 0.3) is 0 Å². The first kappa shape index (κ1) is 13.2. The number of pyridine rings is 1. The number of fused-ring (bicyclic) bond motifs is 1. The summed E-state index contributed by atoms with van der Waals surface area (Å²) in [7, 11) is 3.01. The minimum Gasteiger partial charge on any atom is -0.493 e. The molecular formula is C15H14N2O4. The molecule has 0 saturated heterocycles. The minimum atomic E-state index is -0.595. The van der Waals surface area contributed by atoms with Crippen molar-refractivity contribution in [1.82, 2.24) is 4.98 Å². The number of rotatable bonds is 4. The van der Waals surface area contributed by atoms with Gasteiger partial charge in [0.25, 0.3) is 0 Å².